The normalized spacial score (nSPS) is 25.8. The molecule has 1 aliphatic rings. The molecule has 112 valence electrons. The molecular formula is C15H20F3NO. The second-order valence-corrected chi connectivity index (χ2v) is 5.56. The fraction of sp³-hybridized carbons (Fsp3) is 0.600. The zero-order valence-electron chi connectivity index (χ0n) is 11.8. The van der Waals surface area contributed by atoms with E-state index < -0.39 is 11.7 Å². The fourth-order valence-corrected chi connectivity index (χ4v) is 2.76. The molecule has 0 saturated heterocycles. The average molecular weight is 287 g/mol. The Hall–Kier alpha value is -1.07. The molecule has 0 heterocycles. The first-order valence-electron chi connectivity index (χ1n) is 6.76. The smallest absolute Gasteiger partial charge is 0.383 e. The summed E-state index contributed by atoms with van der Waals surface area (Å²) in [5, 5.41) is 3.23. The summed E-state index contributed by atoms with van der Waals surface area (Å²) in [7, 11) is 1.63. The van der Waals surface area contributed by atoms with Crippen molar-refractivity contribution in [3.8, 4) is 0 Å². The van der Waals surface area contributed by atoms with Gasteiger partial charge in [-0.2, -0.15) is 13.2 Å². The summed E-state index contributed by atoms with van der Waals surface area (Å²) in [6, 6.07) is 5.92. The first-order valence-corrected chi connectivity index (χ1v) is 6.76. The predicted octanol–water partition coefficient (Wildman–Crippen LogP) is 3.22. The van der Waals surface area contributed by atoms with Crippen molar-refractivity contribution in [1.29, 1.82) is 0 Å². The van der Waals surface area contributed by atoms with Crippen molar-refractivity contribution >= 4 is 0 Å². The monoisotopic (exact) mass is 287 g/mol. The summed E-state index contributed by atoms with van der Waals surface area (Å²) >= 11 is 0. The van der Waals surface area contributed by atoms with Crippen LogP contribution in [-0.4, -0.2) is 26.8 Å². The van der Waals surface area contributed by atoms with E-state index in [1.165, 1.54) is 12.1 Å². The predicted molar refractivity (Wildman–Crippen MR) is 71.6 cm³/mol. The van der Waals surface area contributed by atoms with Crippen LogP contribution in [0, 0.1) is 5.92 Å². The summed E-state index contributed by atoms with van der Waals surface area (Å²) in [4.78, 5) is 0. The molecule has 0 bridgehead atoms. The van der Waals surface area contributed by atoms with Gasteiger partial charge in [0.25, 0.3) is 0 Å². The molecule has 1 aliphatic carbocycles. The topological polar surface area (TPSA) is 21.3 Å². The molecule has 2 atom stereocenters. The van der Waals surface area contributed by atoms with E-state index in [0.29, 0.717) is 12.2 Å². The van der Waals surface area contributed by atoms with Gasteiger partial charge in [-0.25, -0.2) is 0 Å². The van der Waals surface area contributed by atoms with Crippen LogP contribution in [-0.2, 0) is 16.3 Å². The van der Waals surface area contributed by atoms with Crippen LogP contribution in [0.5, 0.6) is 0 Å². The van der Waals surface area contributed by atoms with Crippen molar-refractivity contribution in [1.82, 2.24) is 5.32 Å². The zero-order valence-corrected chi connectivity index (χ0v) is 11.8. The highest BCUT2D eigenvalue weighted by atomic mass is 19.4. The lowest BCUT2D eigenvalue weighted by molar-refractivity contribution is -0.138. The second kappa shape index (κ2) is 5.74. The third kappa shape index (κ3) is 3.15. The minimum atomic E-state index is -4.28. The van der Waals surface area contributed by atoms with E-state index in [1.807, 2.05) is 6.92 Å². The number of methoxy groups -OCH3 is 1. The maximum atomic E-state index is 13.1. The molecule has 1 aromatic rings. The van der Waals surface area contributed by atoms with Gasteiger partial charge in [0.1, 0.15) is 0 Å². The van der Waals surface area contributed by atoms with Gasteiger partial charge < -0.3 is 10.1 Å². The van der Waals surface area contributed by atoms with Crippen LogP contribution in [0.1, 0.15) is 24.5 Å². The molecule has 1 fully saturated rings. The highest BCUT2D eigenvalue weighted by Gasteiger charge is 2.53. The van der Waals surface area contributed by atoms with Crippen LogP contribution in [0.4, 0.5) is 13.2 Å². The Kier molecular flexibility index (Phi) is 4.39. The molecule has 0 spiro atoms. The van der Waals surface area contributed by atoms with E-state index in [-0.39, 0.29) is 11.3 Å². The summed E-state index contributed by atoms with van der Waals surface area (Å²) in [6.07, 6.45) is -3.49. The van der Waals surface area contributed by atoms with Gasteiger partial charge in [0, 0.05) is 13.7 Å². The maximum Gasteiger partial charge on any atom is 0.416 e. The van der Waals surface area contributed by atoms with Gasteiger partial charge in [0.05, 0.1) is 12.2 Å². The number of nitrogens with one attached hydrogen (secondary N) is 1. The summed E-state index contributed by atoms with van der Waals surface area (Å²) < 4.78 is 44.1. The second-order valence-electron chi connectivity index (χ2n) is 5.56. The Labute approximate surface area is 117 Å². The van der Waals surface area contributed by atoms with Crippen molar-refractivity contribution in [3.05, 3.63) is 35.4 Å². The minimum Gasteiger partial charge on any atom is -0.383 e. The van der Waals surface area contributed by atoms with Crippen molar-refractivity contribution in [2.24, 2.45) is 5.92 Å². The van der Waals surface area contributed by atoms with Crippen LogP contribution >= 0.6 is 0 Å². The Morgan fingerprint density at radius 1 is 1.35 bits per heavy atom. The molecule has 1 saturated carbocycles. The average Bonchev–Trinajstić information content (AvgIpc) is 3.06. The SMILES string of the molecule is COCCNCC1CC1(C)c1ccccc1C(F)(F)F. The Balaban J connectivity index is 2.06. The molecule has 1 aromatic carbocycles. The summed E-state index contributed by atoms with van der Waals surface area (Å²) in [5.74, 6) is 0.253. The molecule has 0 radical (unpaired) electrons. The van der Waals surface area contributed by atoms with Gasteiger partial charge in [-0.3, -0.25) is 0 Å². The highest BCUT2D eigenvalue weighted by molar-refractivity contribution is 5.41. The van der Waals surface area contributed by atoms with E-state index in [1.54, 1.807) is 19.2 Å². The fourth-order valence-electron chi connectivity index (χ4n) is 2.76. The number of halogens is 3. The van der Waals surface area contributed by atoms with Crippen LogP contribution in [0.25, 0.3) is 0 Å². The van der Waals surface area contributed by atoms with E-state index in [0.717, 1.165) is 19.5 Å². The molecule has 2 nitrogen and oxygen atoms in total. The van der Waals surface area contributed by atoms with Crippen LogP contribution in [0.3, 0.4) is 0 Å². The lowest BCUT2D eigenvalue weighted by Crippen LogP contribution is -2.24. The third-order valence-corrected chi connectivity index (χ3v) is 4.13. The van der Waals surface area contributed by atoms with E-state index in [9.17, 15) is 13.2 Å². The zero-order chi connectivity index (χ0) is 14.8. The van der Waals surface area contributed by atoms with Crippen LogP contribution in [0.2, 0.25) is 0 Å². The van der Waals surface area contributed by atoms with Gasteiger partial charge >= 0.3 is 6.18 Å². The van der Waals surface area contributed by atoms with Crippen LogP contribution in [0.15, 0.2) is 24.3 Å². The number of ether oxygens (including phenoxy) is 1. The molecular weight excluding hydrogens is 267 g/mol. The Bertz CT molecular complexity index is 461. The van der Waals surface area contributed by atoms with Crippen molar-refractivity contribution in [2.75, 3.05) is 26.8 Å². The third-order valence-electron chi connectivity index (χ3n) is 4.13. The van der Waals surface area contributed by atoms with Gasteiger partial charge in [-0.05, 0) is 35.9 Å². The maximum absolute atomic E-state index is 13.1. The van der Waals surface area contributed by atoms with E-state index in [4.69, 9.17) is 4.74 Å². The lowest BCUT2D eigenvalue weighted by atomic mass is 9.90. The van der Waals surface area contributed by atoms with Gasteiger partial charge in [0.2, 0.25) is 0 Å². The minimum absolute atomic E-state index is 0.253. The number of rotatable bonds is 6. The molecule has 0 amide bonds. The van der Waals surface area contributed by atoms with Gasteiger partial charge in [-0.15, -0.1) is 0 Å². The molecule has 20 heavy (non-hydrogen) atoms. The molecule has 0 aromatic heterocycles. The molecule has 2 rings (SSSR count). The van der Waals surface area contributed by atoms with Gasteiger partial charge in [0.15, 0.2) is 0 Å². The molecule has 0 aliphatic heterocycles. The first-order chi connectivity index (χ1) is 9.39. The Morgan fingerprint density at radius 2 is 2.05 bits per heavy atom. The number of hydrogen-bond donors (Lipinski definition) is 1. The Morgan fingerprint density at radius 3 is 2.70 bits per heavy atom. The van der Waals surface area contributed by atoms with Gasteiger partial charge in [-0.1, -0.05) is 25.1 Å². The van der Waals surface area contributed by atoms with Crippen molar-refractivity contribution in [2.45, 2.75) is 24.9 Å². The van der Waals surface area contributed by atoms with E-state index in [2.05, 4.69) is 5.32 Å². The number of benzene rings is 1. The van der Waals surface area contributed by atoms with Crippen LogP contribution < -0.4 is 5.32 Å². The lowest BCUT2D eigenvalue weighted by Gasteiger charge is -2.19. The quantitative estimate of drug-likeness (QED) is 0.811. The molecule has 2 unspecified atom stereocenters. The van der Waals surface area contributed by atoms with Crippen molar-refractivity contribution < 1.29 is 17.9 Å². The molecule has 1 N–H and O–H groups in total. The standard InChI is InChI=1S/C15H20F3NO/c1-14(9-11(14)10-19-7-8-20-2)12-5-3-4-6-13(12)15(16,17)18/h3-6,11,19H,7-10H2,1-2H3. The molecule has 5 heteroatoms. The summed E-state index contributed by atoms with van der Waals surface area (Å²) in [5.41, 5.74) is -0.445. The van der Waals surface area contributed by atoms with E-state index >= 15 is 0 Å². The van der Waals surface area contributed by atoms with Crippen molar-refractivity contribution in [3.63, 3.8) is 0 Å². The number of hydrogen-bond acceptors (Lipinski definition) is 2. The largest absolute Gasteiger partial charge is 0.416 e. The summed E-state index contributed by atoms with van der Waals surface area (Å²) in [6.45, 7) is 3.98. The number of alkyl halides is 3. The first kappa shape index (κ1) is 15.3. The highest BCUT2D eigenvalue weighted by Crippen LogP contribution is 2.56.